The van der Waals surface area contributed by atoms with E-state index in [0.29, 0.717) is 0 Å². The molecule has 2 unspecified atom stereocenters. The Labute approximate surface area is 123 Å². The molecule has 1 aliphatic carbocycles. The van der Waals surface area contributed by atoms with E-state index >= 15 is 0 Å². The van der Waals surface area contributed by atoms with Crippen molar-refractivity contribution in [2.75, 3.05) is 18.0 Å². The van der Waals surface area contributed by atoms with Gasteiger partial charge in [0.05, 0.1) is 0 Å². The van der Waals surface area contributed by atoms with Crippen molar-refractivity contribution in [3.63, 3.8) is 0 Å². The van der Waals surface area contributed by atoms with Crippen LogP contribution in [0.1, 0.15) is 44.2 Å². The van der Waals surface area contributed by atoms with Crippen LogP contribution in [-0.4, -0.2) is 19.1 Å². The van der Waals surface area contributed by atoms with Crippen LogP contribution in [0.5, 0.6) is 0 Å². The number of piperidine rings is 1. The fraction of sp³-hybridized carbons (Fsp3) is 0.667. The second-order valence-electron chi connectivity index (χ2n) is 7.13. The van der Waals surface area contributed by atoms with Crippen LogP contribution < -0.4 is 10.2 Å². The van der Waals surface area contributed by atoms with Crippen LogP contribution in [0.3, 0.4) is 0 Å². The zero-order valence-electron chi connectivity index (χ0n) is 13.2. The molecule has 20 heavy (non-hydrogen) atoms. The maximum atomic E-state index is 3.53. The molecule has 1 aliphatic heterocycles. The fourth-order valence-electron chi connectivity index (χ4n) is 3.87. The summed E-state index contributed by atoms with van der Waals surface area (Å²) in [6.07, 6.45) is 4.29. The van der Waals surface area contributed by atoms with Crippen LogP contribution in [0.15, 0.2) is 18.2 Å². The van der Waals surface area contributed by atoms with Gasteiger partial charge in [0, 0.05) is 24.8 Å². The molecule has 2 nitrogen and oxygen atoms in total. The molecule has 1 saturated carbocycles. The van der Waals surface area contributed by atoms with Crippen LogP contribution in [0.2, 0.25) is 0 Å². The highest BCUT2D eigenvalue weighted by Crippen LogP contribution is 2.41. The van der Waals surface area contributed by atoms with Gasteiger partial charge in [-0.2, -0.15) is 0 Å². The second kappa shape index (κ2) is 5.77. The van der Waals surface area contributed by atoms with Crippen LogP contribution >= 0.6 is 0 Å². The minimum absolute atomic E-state index is 0.718. The zero-order chi connectivity index (χ0) is 14.1. The molecular weight excluding hydrogens is 244 g/mol. The van der Waals surface area contributed by atoms with E-state index < -0.39 is 0 Å². The Morgan fingerprint density at radius 1 is 1.30 bits per heavy atom. The minimum atomic E-state index is 0.718. The van der Waals surface area contributed by atoms with Gasteiger partial charge < -0.3 is 10.2 Å². The molecule has 0 amide bonds. The number of nitrogens with zero attached hydrogens (tertiary/aromatic N) is 1. The van der Waals surface area contributed by atoms with E-state index in [-0.39, 0.29) is 0 Å². The standard InChI is InChI=1S/C18H28N2/c1-13(2)10-19-11-15-5-7-18(14(3)8-15)20-12-16-4-6-17(20)9-16/h5,7-8,13,16-17,19H,4,6,9-12H2,1-3H3. The zero-order valence-corrected chi connectivity index (χ0v) is 13.2. The Bertz CT molecular complexity index is 466. The fourth-order valence-corrected chi connectivity index (χ4v) is 3.87. The van der Waals surface area contributed by atoms with Crippen molar-refractivity contribution in [1.29, 1.82) is 0 Å². The van der Waals surface area contributed by atoms with Gasteiger partial charge in [0.1, 0.15) is 0 Å². The highest BCUT2D eigenvalue weighted by molar-refractivity contribution is 5.56. The number of fused-ring (bicyclic) bond motifs is 2. The van der Waals surface area contributed by atoms with Crippen molar-refractivity contribution < 1.29 is 0 Å². The number of nitrogens with one attached hydrogen (secondary N) is 1. The molecule has 1 aromatic rings. The van der Waals surface area contributed by atoms with Gasteiger partial charge in [0.25, 0.3) is 0 Å². The third kappa shape index (κ3) is 2.85. The number of aryl methyl sites for hydroxylation is 1. The smallest absolute Gasteiger partial charge is 0.0398 e. The first-order valence-corrected chi connectivity index (χ1v) is 8.20. The van der Waals surface area contributed by atoms with E-state index in [2.05, 4.69) is 49.2 Å². The Kier molecular flexibility index (Phi) is 4.02. The highest BCUT2D eigenvalue weighted by atomic mass is 15.2. The molecule has 110 valence electrons. The Morgan fingerprint density at radius 2 is 2.15 bits per heavy atom. The summed E-state index contributed by atoms with van der Waals surface area (Å²) in [5.41, 5.74) is 4.34. The van der Waals surface area contributed by atoms with Gasteiger partial charge in [-0.15, -0.1) is 0 Å². The molecule has 2 heteroatoms. The van der Waals surface area contributed by atoms with Crippen molar-refractivity contribution in [1.82, 2.24) is 5.32 Å². The summed E-state index contributed by atoms with van der Waals surface area (Å²) in [7, 11) is 0. The Balaban J connectivity index is 1.65. The number of hydrogen-bond acceptors (Lipinski definition) is 2. The first-order chi connectivity index (χ1) is 9.63. The highest BCUT2D eigenvalue weighted by Gasteiger charge is 2.38. The van der Waals surface area contributed by atoms with E-state index in [1.165, 1.54) is 42.6 Å². The minimum Gasteiger partial charge on any atom is -0.368 e. The molecule has 3 rings (SSSR count). The third-order valence-corrected chi connectivity index (χ3v) is 4.86. The SMILES string of the molecule is Cc1cc(CNCC(C)C)ccc1N1CC2CCC1C2. The van der Waals surface area contributed by atoms with Crippen molar-refractivity contribution >= 4 is 5.69 Å². The number of hydrogen-bond donors (Lipinski definition) is 1. The molecule has 2 bridgehead atoms. The lowest BCUT2D eigenvalue weighted by Gasteiger charge is -2.30. The number of anilines is 1. The van der Waals surface area contributed by atoms with E-state index in [1.807, 2.05) is 0 Å². The van der Waals surface area contributed by atoms with Gasteiger partial charge in [0.15, 0.2) is 0 Å². The summed E-state index contributed by atoms with van der Waals surface area (Å²) >= 11 is 0. The molecule has 1 saturated heterocycles. The van der Waals surface area contributed by atoms with Crippen LogP contribution in [-0.2, 0) is 6.54 Å². The first-order valence-electron chi connectivity index (χ1n) is 8.20. The molecule has 2 fully saturated rings. The molecule has 1 N–H and O–H groups in total. The molecular formula is C18H28N2. The summed E-state index contributed by atoms with van der Waals surface area (Å²) in [4.78, 5) is 2.66. The molecule has 0 aromatic heterocycles. The van der Waals surface area contributed by atoms with Crippen molar-refractivity contribution in [2.45, 2.75) is 52.6 Å². The lowest BCUT2D eigenvalue weighted by atomic mass is 10.1. The predicted molar refractivity (Wildman–Crippen MR) is 86.2 cm³/mol. The first kappa shape index (κ1) is 13.9. The van der Waals surface area contributed by atoms with Gasteiger partial charge in [0.2, 0.25) is 0 Å². The lowest BCUT2D eigenvalue weighted by molar-refractivity contribution is 0.550. The van der Waals surface area contributed by atoms with Crippen molar-refractivity contribution in [3.05, 3.63) is 29.3 Å². The molecule has 2 aliphatic rings. The Hall–Kier alpha value is -1.02. The average molecular weight is 272 g/mol. The van der Waals surface area contributed by atoms with Gasteiger partial charge >= 0.3 is 0 Å². The lowest BCUT2D eigenvalue weighted by Crippen LogP contribution is -2.32. The van der Waals surface area contributed by atoms with Crippen LogP contribution in [0.4, 0.5) is 5.69 Å². The molecule has 1 heterocycles. The molecule has 0 radical (unpaired) electrons. The Morgan fingerprint density at radius 3 is 2.75 bits per heavy atom. The topological polar surface area (TPSA) is 15.3 Å². The quantitative estimate of drug-likeness (QED) is 0.878. The monoisotopic (exact) mass is 272 g/mol. The molecule has 1 aromatic carbocycles. The summed E-state index contributed by atoms with van der Waals surface area (Å²) in [5, 5.41) is 3.53. The van der Waals surface area contributed by atoms with Gasteiger partial charge in [-0.05, 0) is 61.8 Å². The van der Waals surface area contributed by atoms with Crippen molar-refractivity contribution in [3.8, 4) is 0 Å². The average Bonchev–Trinajstić information content (AvgIpc) is 3.00. The maximum Gasteiger partial charge on any atom is 0.0398 e. The molecule has 0 spiro atoms. The van der Waals surface area contributed by atoms with Crippen LogP contribution in [0, 0.1) is 18.8 Å². The third-order valence-electron chi connectivity index (χ3n) is 4.86. The summed E-state index contributed by atoms with van der Waals surface area (Å²) in [6, 6.07) is 7.85. The molecule has 2 atom stereocenters. The summed E-state index contributed by atoms with van der Waals surface area (Å²) in [6.45, 7) is 10.2. The van der Waals surface area contributed by atoms with Gasteiger partial charge in [-0.25, -0.2) is 0 Å². The summed E-state index contributed by atoms with van der Waals surface area (Å²) in [5.74, 6) is 1.68. The van der Waals surface area contributed by atoms with Gasteiger partial charge in [-0.3, -0.25) is 0 Å². The number of rotatable bonds is 5. The number of benzene rings is 1. The normalized spacial score (nSPS) is 24.9. The predicted octanol–water partition coefficient (Wildman–Crippen LogP) is 3.73. The van der Waals surface area contributed by atoms with Crippen LogP contribution in [0.25, 0.3) is 0 Å². The maximum absolute atomic E-state index is 3.53. The van der Waals surface area contributed by atoms with Gasteiger partial charge in [-0.1, -0.05) is 26.0 Å². The second-order valence-corrected chi connectivity index (χ2v) is 7.13. The van der Waals surface area contributed by atoms with Crippen molar-refractivity contribution in [2.24, 2.45) is 11.8 Å². The summed E-state index contributed by atoms with van der Waals surface area (Å²) < 4.78 is 0. The van der Waals surface area contributed by atoms with E-state index in [0.717, 1.165) is 31.0 Å². The largest absolute Gasteiger partial charge is 0.368 e. The van der Waals surface area contributed by atoms with E-state index in [1.54, 1.807) is 0 Å². The van der Waals surface area contributed by atoms with E-state index in [4.69, 9.17) is 0 Å². The van der Waals surface area contributed by atoms with E-state index in [9.17, 15) is 0 Å².